The fourth-order valence-corrected chi connectivity index (χ4v) is 5.24. The molecule has 1 aliphatic heterocycles. The topological polar surface area (TPSA) is 88.3 Å². The molecule has 8 heteroatoms. The summed E-state index contributed by atoms with van der Waals surface area (Å²) in [7, 11) is 0. The van der Waals surface area contributed by atoms with E-state index < -0.39 is 12.0 Å². The van der Waals surface area contributed by atoms with Crippen LogP contribution in [0, 0.1) is 19.8 Å². The standard InChI is InChI=1S/C25H30N4O3S/c1-15(2)22(20-12-16(3)32-28-20)25(31)29-11-5-6-21(29)24(30)26-13-18-7-9-19(10-8-18)23-17(4)27-14-33-23/h7-10,12,14-15,21-22H,5-6,11,13H2,1-4H3,(H,26,30). The lowest BCUT2D eigenvalue weighted by molar-refractivity contribution is -0.140. The Labute approximate surface area is 198 Å². The Hall–Kier alpha value is -3.00. The quantitative estimate of drug-likeness (QED) is 0.555. The molecule has 0 aliphatic carbocycles. The van der Waals surface area contributed by atoms with E-state index in [1.54, 1.807) is 16.2 Å². The minimum absolute atomic E-state index is 0.0482. The number of aryl methyl sites for hydroxylation is 2. The molecular weight excluding hydrogens is 436 g/mol. The molecule has 2 amide bonds. The highest BCUT2D eigenvalue weighted by Gasteiger charge is 2.39. The van der Waals surface area contributed by atoms with Gasteiger partial charge in [0.2, 0.25) is 11.8 Å². The van der Waals surface area contributed by atoms with Gasteiger partial charge in [-0.25, -0.2) is 4.98 Å². The van der Waals surface area contributed by atoms with Gasteiger partial charge in [0.15, 0.2) is 0 Å². The van der Waals surface area contributed by atoms with Crippen LogP contribution in [0.5, 0.6) is 0 Å². The van der Waals surface area contributed by atoms with Gasteiger partial charge in [0.1, 0.15) is 11.8 Å². The molecule has 0 saturated carbocycles. The molecule has 0 radical (unpaired) electrons. The van der Waals surface area contributed by atoms with Crippen LogP contribution in [-0.4, -0.2) is 39.4 Å². The first-order chi connectivity index (χ1) is 15.8. The molecule has 1 aromatic carbocycles. The summed E-state index contributed by atoms with van der Waals surface area (Å²) in [4.78, 5) is 33.6. The zero-order valence-electron chi connectivity index (χ0n) is 19.5. The molecule has 3 heterocycles. The van der Waals surface area contributed by atoms with Crippen molar-refractivity contribution < 1.29 is 14.1 Å². The maximum atomic E-state index is 13.4. The Morgan fingerprint density at radius 2 is 2.00 bits per heavy atom. The Kier molecular flexibility index (Phi) is 6.93. The van der Waals surface area contributed by atoms with Crippen LogP contribution < -0.4 is 5.32 Å². The number of benzene rings is 1. The minimum atomic E-state index is -0.453. The van der Waals surface area contributed by atoms with Crippen LogP contribution in [-0.2, 0) is 16.1 Å². The van der Waals surface area contributed by atoms with Gasteiger partial charge in [0, 0.05) is 19.2 Å². The lowest BCUT2D eigenvalue weighted by Gasteiger charge is -2.29. The second-order valence-electron chi connectivity index (χ2n) is 8.96. The molecule has 2 aromatic heterocycles. The predicted molar refractivity (Wildman–Crippen MR) is 128 cm³/mol. The van der Waals surface area contributed by atoms with E-state index in [2.05, 4.69) is 27.6 Å². The van der Waals surface area contributed by atoms with Gasteiger partial charge in [-0.2, -0.15) is 0 Å². The molecule has 33 heavy (non-hydrogen) atoms. The largest absolute Gasteiger partial charge is 0.361 e. The Bertz CT molecular complexity index is 1120. The minimum Gasteiger partial charge on any atom is -0.361 e. The van der Waals surface area contributed by atoms with Crippen molar-refractivity contribution in [3.05, 3.63) is 58.6 Å². The summed E-state index contributed by atoms with van der Waals surface area (Å²) in [6.07, 6.45) is 1.49. The fourth-order valence-electron chi connectivity index (χ4n) is 4.43. The molecule has 2 unspecified atom stereocenters. The average Bonchev–Trinajstić information content (AvgIpc) is 3.53. The number of thiazole rings is 1. The smallest absolute Gasteiger partial charge is 0.243 e. The third-order valence-electron chi connectivity index (χ3n) is 6.16. The first-order valence-corrected chi connectivity index (χ1v) is 12.2. The Balaban J connectivity index is 1.40. The van der Waals surface area contributed by atoms with Gasteiger partial charge in [-0.3, -0.25) is 9.59 Å². The van der Waals surface area contributed by atoms with Crippen LogP contribution >= 0.6 is 11.3 Å². The van der Waals surface area contributed by atoms with Crippen LogP contribution in [0.4, 0.5) is 0 Å². The summed E-state index contributed by atoms with van der Waals surface area (Å²) < 4.78 is 5.21. The highest BCUT2D eigenvalue weighted by molar-refractivity contribution is 7.13. The zero-order chi connectivity index (χ0) is 23.5. The molecule has 0 spiro atoms. The average molecular weight is 467 g/mol. The molecule has 7 nitrogen and oxygen atoms in total. The van der Waals surface area contributed by atoms with Gasteiger partial charge in [0.25, 0.3) is 0 Å². The number of nitrogens with one attached hydrogen (secondary N) is 1. The molecule has 2 atom stereocenters. The fraction of sp³-hybridized carbons (Fsp3) is 0.440. The molecular formula is C25H30N4O3S. The summed E-state index contributed by atoms with van der Waals surface area (Å²) >= 11 is 1.62. The van der Waals surface area contributed by atoms with Crippen molar-refractivity contribution in [2.45, 2.75) is 59.0 Å². The van der Waals surface area contributed by atoms with Crippen molar-refractivity contribution in [1.82, 2.24) is 20.4 Å². The number of hydrogen-bond acceptors (Lipinski definition) is 6. The van der Waals surface area contributed by atoms with E-state index in [1.165, 1.54) is 0 Å². The summed E-state index contributed by atoms with van der Waals surface area (Å²) in [5, 5.41) is 7.11. The van der Waals surface area contributed by atoms with Crippen molar-refractivity contribution in [3.63, 3.8) is 0 Å². The third kappa shape index (κ3) is 5.00. The summed E-state index contributed by atoms with van der Waals surface area (Å²) in [6, 6.07) is 9.51. The maximum absolute atomic E-state index is 13.4. The third-order valence-corrected chi connectivity index (χ3v) is 7.14. The van der Waals surface area contributed by atoms with Crippen molar-refractivity contribution in [1.29, 1.82) is 0 Å². The van der Waals surface area contributed by atoms with Crippen molar-refractivity contribution in [2.24, 2.45) is 5.92 Å². The SMILES string of the molecule is Cc1cc(C(C(=O)N2CCCC2C(=O)NCc2ccc(-c3scnc3C)cc2)C(C)C)no1. The van der Waals surface area contributed by atoms with Crippen LogP contribution in [0.25, 0.3) is 10.4 Å². The molecule has 3 aromatic rings. The number of amides is 2. The first kappa shape index (κ1) is 23.2. The van der Waals surface area contributed by atoms with Gasteiger partial charge in [-0.05, 0) is 43.7 Å². The summed E-state index contributed by atoms with van der Waals surface area (Å²) in [6.45, 7) is 8.82. The van der Waals surface area contributed by atoms with Gasteiger partial charge >= 0.3 is 0 Å². The maximum Gasteiger partial charge on any atom is 0.243 e. The second-order valence-corrected chi connectivity index (χ2v) is 9.81. The lowest BCUT2D eigenvalue weighted by Crippen LogP contribution is -2.48. The number of nitrogens with zero attached hydrogens (tertiary/aromatic N) is 3. The van der Waals surface area contributed by atoms with Crippen LogP contribution in [0.15, 0.2) is 40.4 Å². The molecule has 1 N–H and O–H groups in total. The number of aromatic nitrogens is 2. The zero-order valence-corrected chi connectivity index (χ0v) is 20.3. The molecule has 1 saturated heterocycles. The number of likely N-dealkylation sites (tertiary alicyclic amines) is 1. The van der Waals surface area contributed by atoms with Crippen molar-refractivity contribution in [2.75, 3.05) is 6.54 Å². The van der Waals surface area contributed by atoms with E-state index in [0.29, 0.717) is 31.0 Å². The van der Waals surface area contributed by atoms with Crippen LogP contribution in [0.3, 0.4) is 0 Å². The molecule has 0 bridgehead atoms. The van der Waals surface area contributed by atoms with Crippen molar-refractivity contribution in [3.8, 4) is 10.4 Å². The first-order valence-electron chi connectivity index (χ1n) is 11.4. The molecule has 174 valence electrons. The second kappa shape index (κ2) is 9.87. The van der Waals surface area contributed by atoms with E-state index in [4.69, 9.17) is 4.52 Å². The summed E-state index contributed by atoms with van der Waals surface area (Å²) in [5.41, 5.74) is 5.65. The highest BCUT2D eigenvalue weighted by atomic mass is 32.1. The molecule has 1 fully saturated rings. The predicted octanol–water partition coefficient (Wildman–Crippen LogP) is 4.46. The van der Waals surface area contributed by atoms with Crippen molar-refractivity contribution >= 4 is 23.2 Å². The van der Waals surface area contributed by atoms with E-state index in [0.717, 1.165) is 28.1 Å². The van der Waals surface area contributed by atoms with Gasteiger partial charge in [-0.1, -0.05) is 43.3 Å². The van der Waals surface area contributed by atoms with E-state index >= 15 is 0 Å². The lowest BCUT2D eigenvalue weighted by atomic mass is 9.90. The summed E-state index contributed by atoms with van der Waals surface area (Å²) in [5.74, 6) is 0.142. The number of carbonyl (C=O) groups is 2. The van der Waals surface area contributed by atoms with E-state index in [1.807, 2.05) is 51.4 Å². The number of hydrogen-bond donors (Lipinski definition) is 1. The van der Waals surface area contributed by atoms with Gasteiger partial charge in [0.05, 0.1) is 27.7 Å². The Morgan fingerprint density at radius 1 is 1.24 bits per heavy atom. The number of rotatable bonds is 7. The van der Waals surface area contributed by atoms with E-state index in [-0.39, 0.29) is 17.7 Å². The van der Waals surface area contributed by atoms with E-state index in [9.17, 15) is 9.59 Å². The number of carbonyl (C=O) groups excluding carboxylic acids is 2. The molecule has 1 aliphatic rings. The van der Waals surface area contributed by atoms with Crippen LogP contribution in [0.2, 0.25) is 0 Å². The Morgan fingerprint density at radius 3 is 2.61 bits per heavy atom. The monoisotopic (exact) mass is 466 g/mol. The highest BCUT2D eigenvalue weighted by Crippen LogP contribution is 2.30. The molecule has 4 rings (SSSR count). The normalized spacial score (nSPS) is 16.9. The van der Waals surface area contributed by atoms with Crippen LogP contribution in [0.1, 0.15) is 55.3 Å². The van der Waals surface area contributed by atoms with Gasteiger partial charge < -0.3 is 14.7 Å². The van der Waals surface area contributed by atoms with Gasteiger partial charge in [-0.15, -0.1) is 11.3 Å².